The lowest BCUT2D eigenvalue weighted by atomic mass is 10.2. The molecule has 22 heavy (non-hydrogen) atoms. The number of furan rings is 1. The predicted molar refractivity (Wildman–Crippen MR) is 81.3 cm³/mol. The number of rotatable bonds is 3. The minimum absolute atomic E-state index is 0.00628. The largest absolute Gasteiger partial charge is 0.472 e. The van der Waals surface area contributed by atoms with Gasteiger partial charge in [-0.1, -0.05) is 17.7 Å². The Kier molecular flexibility index (Phi) is 4.45. The van der Waals surface area contributed by atoms with Crippen LogP contribution in [0.4, 0.5) is 4.39 Å². The van der Waals surface area contributed by atoms with Crippen molar-refractivity contribution in [1.29, 1.82) is 0 Å². The molecule has 1 saturated heterocycles. The van der Waals surface area contributed by atoms with Gasteiger partial charge < -0.3 is 9.32 Å². The number of nitrogens with zero attached hydrogens (tertiary/aromatic N) is 2. The summed E-state index contributed by atoms with van der Waals surface area (Å²) in [6, 6.07) is 6.13. The first-order valence-electron chi connectivity index (χ1n) is 7.11. The molecular weight excluding hydrogens is 307 g/mol. The second kappa shape index (κ2) is 6.50. The Labute approximate surface area is 133 Å². The van der Waals surface area contributed by atoms with E-state index >= 15 is 0 Å². The van der Waals surface area contributed by atoms with Crippen molar-refractivity contribution >= 4 is 17.5 Å². The highest BCUT2D eigenvalue weighted by atomic mass is 35.5. The third kappa shape index (κ3) is 3.31. The highest BCUT2D eigenvalue weighted by Gasteiger charge is 2.23. The number of hydrogen-bond acceptors (Lipinski definition) is 3. The molecule has 1 aromatic carbocycles. The molecule has 0 radical (unpaired) electrons. The predicted octanol–water partition coefficient (Wildman–Crippen LogP) is 3.03. The summed E-state index contributed by atoms with van der Waals surface area (Å²) in [4.78, 5) is 16.2. The third-order valence-electron chi connectivity index (χ3n) is 3.84. The summed E-state index contributed by atoms with van der Waals surface area (Å²) < 4.78 is 18.0. The Morgan fingerprint density at radius 1 is 1.23 bits per heavy atom. The number of carbonyl (C=O) groups is 1. The first-order valence-corrected chi connectivity index (χ1v) is 7.49. The van der Waals surface area contributed by atoms with Gasteiger partial charge in [0.05, 0.1) is 11.8 Å². The van der Waals surface area contributed by atoms with Crippen molar-refractivity contribution < 1.29 is 13.6 Å². The zero-order valence-corrected chi connectivity index (χ0v) is 12.7. The number of amides is 1. The molecule has 0 bridgehead atoms. The normalized spacial score (nSPS) is 16.0. The summed E-state index contributed by atoms with van der Waals surface area (Å²) in [7, 11) is 0. The second-order valence-corrected chi connectivity index (χ2v) is 5.72. The van der Waals surface area contributed by atoms with Gasteiger partial charge in [0.1, 0.15) is 12.1 Å². The lowest BCUT2D eigenvalue weighted by Crippen LogP contribution is -2.48. The van der Waals surface area contributed by atoms with Crippen molar-refractivity contribution in [2.75, 3.05) is 26.2 Å². The van der Waals surface area contributed by atoms with Gasteiger partial charge in [-0.15, -0.1) is 0 Å². The van der Waals surface area contributed by atoms with E-state index in [0.29, 0.717) is 30.2 Å². The summed E-state index contributed by atoms with van der Waals surface area (Å²) >= 11 is 6.05. The van der Waals surface area contributed by atoms with Crippen LogP contribution in [0.5, 0.6) is 0 Å². The fourth-order valence-corrected chi connectivity index (χ4v) is 2.80. The van der Waals surface area contributed by atoms with Crippen LogP contribution in [-0.4, -0.2) is 41.9 Å². The number of hydrogen-bond donors (Lipinski definition) is 0. The Morgan fingerprint density at radius 3 is 2.64 bits per heavy atom. The fourth-order valence-electron chi connectivity index (χ4n) is 2.57. The van der Waals surface area contributed by atoms with E-state index in [1.165, 1.54) is 24.7 Å². The minimum atomic E-state index is -0.329. The maximum absolute atomic E-state index is 13.1. The van der Waals surface area contributed by atoms with Gasteiger partial charge in [0, 0.05) is 37.7 Å². The molecule has 1 aliphatic rings. The van der Waals surface area contributed by atoms with Crippen LogP contribution in [0.3, 0.4) is 0 Å². The van der Waals surface area contributed by atoms with Gasteiger partial charge in [-0.25, -0.2) is 4.39 Å². The lowest BCUT2D eigenvalue weighted by molar-refractivity contribution is 0.0627. The molecule has 0 N–H and O–H groups in total. The van der Waals surface area contributed by atoms with E-state index in [1.54, 1.807) is 12.1 Å². The van der Waals surface area contributed by atoms with Crippen LogP contribution in [0.15, 0.2) is 41.2 Å². The average Bonchev–Trinajstić information content (AvgIpc) is 3.04. The van der Waals surface area contributed by atoms with Gasteiger partial charge in [0.15, 0.2) is 0 Å². The molecule has 0 unspecified atom stereocenters. The van der Waals surface area contributed by atoms with E-state index in [4.69, 9.17) is 16.0 Å². The van der Waals surface area contributed by atoms with Gasteiger partial charge in [-0.05, 0) is 23.8 Å². The summed E-state index contributed by atoms with van der Waals surface area (Å²) in [6.45, 7) is 3.49. The monoisotopic (exact) mass is 322 g/mol. The molecule has 2 heterocycles. The van der Waals surface area contributed by atoms with E-state index in [-0.39, 0.29) is 11.7 Å². The van der Waals surface area contributed by atoms with Crippen molar-refractivity contribution in [1.82, 2.24) is 9.80 Å². The summed E-state index contributed by atoms with van der Waals surface area (Å²) in [5.41, 5.74) is 1.48. The first kappa shape index (κ1) is 15.1. The molecule has 0 atom stereocenters. The number of halogens is 2. The molecule has 1 aliphatic heterocycles. The van der Waals surface area contributed by atoms with Crippen molar-refractivity contribution in [2.45, 2.75) is 6.54 Å². The second-order valence-electron chi connectivity index (χ2n) is 5.32. The van der Waals surface area contributed by atoms with Crippen LogP contribution >= 0.6 is 11.6 Å². The molecule has 3 rings (SSSR count). The summed E-state index contributed by atoms with van der Waals surface area (Å²) in [5.74, 6) is -0.336. The van der Waals surface area contributed by atoms with Gasteiger partial charge in [0.25, 0.3) is 5.91 Å². The summed E-state index contributed by atoms with van der Waals surface area (Å²) in [6.07, 6.45) is 2.97. The minimum Gasteiger partial charge on any atom is -0.472 e. The smallest absolute Gasteiger partial charge is 0.257 e. The molecule has 4 nitrogen and oxygen atoms in total. The van der Waals surface area contributed by atoms with Crippen LogP contribution in [0.25, 0.3) is 0 Å². The molecule has 6 heteroatoms. The van der Waals surface area contributed by atoms with Crippen molar-refractivity contribution in [2.24, 2.45) is 0 Å². The Bertz CT molecular complexity index is 652. The lowest BCUT2D eigenvalue weighted by Gasteiger charge is -2.34. The molecule has 0 saturated carbocycles. The van der Waals surface area contributed by atoms with Crippen LogP contribution in [0, 0.1) is 5.82 Å². The van der Waals surface area contributed by atoms with Crippen LogP contribution in [0.2, 0.25) is 5.02 Å². The molecule has 2 aromatic rings. The van der Waals surface area contributed by atoms with E-state index in [9.17, 15) is 9.18 Å². The zero-order chi connectivity index (χ0) is 15.5. The number of carbonyl (C=O) groups excluding carboxylic acids is 1. The molecule has 1 aromatic heterocycles. The van der Waals surface area contributed by atoms with Crippen molar-refractivity contribution in [3.8, 4) is 0 Å². The molecule has 0 aliphatic carbocycles. The molecular formula is C16H16ClFN2O2. The van der Waals surface area contributed by atoms with Crippen molar-refractivity contribution in [3.63, 3.8) is 0 Å². The van der Waals surface area contributed by atoms with Gasteiger partial charge >= 0.3 is 0 Å². The van der Waals surface area contributed by atoms with Gasteiger partial charge in [-0.3, -0.25) is 9.69 Å². The number of benzene rings is 1. The number of piperazine rings is 1. The van der Waals surface area contributed by atoms with Crippen LogP contribution in [0.1, 0.15) is 15.9 Å². The molecule has 1 fully saturated rings. The van der Waals surface area contributed by atoms with E-state index in [0.717, 1.165) is 18.7 Å². The standard InChI is InChI=1S/C16H16ClFN2O2/c17-15-9-14(18)2-1-12(15)10-19-4-6-20(7-5-19)16(21)13-3-8-22-11-13/h1-3,8-9,11H,4-7,10H2. The van der Waals surface area contributed by atoms with Crippen LogP contribution in [-0.2, 0) is 6.54 Å². The van der Waals surface area contributed by atoms with Gasteiger partial charge in [0.2, 0.25) is 0 Å². The topological polar surface area (TPSA) is 36.7 Å². The van der Waals surface area contributed by atoms with Crippen LogP contribution < -0.4 is 0 Å². The van der Waals surface area contributed by atoms with E-state index in [2.05, 4.69) is 4.90 Å². The average molecular weight is 323 g/mol. The molecule has 0 spiro atoms. The third-order valence-corrected chi connectivity index (χ3v) is 4.19. The highest BCUT2D eigenvalue weighted by molar-refractivity contribution is 6.31. The SMILES string of the molecule is O=C(c1ccoc1)N1CCN(Cc2ccc(F)cc2Cl)CC1. The van der Waals surface area contributed by atoms with Gasteiger partial charge in [-0.2, -0.15) is 0 Å². The Hall–Kier alpha value is -1.85. The maximum Gasteiger partial charge on any atom is 0.257 e. The fraction of sp³-hybridized carbons (Fsp3) is 0.312. The highest BCUT2D eigenvalue weighted by Crippen LogP contribution is 2.20. The molecule has 116 valence electrons. The first-order chi connectivity index (χ1) is 10.6. The van der Waals surface area contributed by atoms with Crippen molar-refractivity contribution in [3.05, 3.63) is 58.8 Å². The quantitative estimate of drug-likeness (QED) is 0.871. The molecule has 1 amide bonds. The Balaban J connectivity index is 1.56. The van der Waals surface area contributed by atoms with E-state index in [1.807, 2.05) is 4.90 Å². The Morgan fingerprint density at radius 2 is 2.00 bits per heavy atom. The summed E-state index contributed by atoms with van der Waals surface area (Å²) in [5, 5.41) is 0.442. The zero-order valence-electron chi connectivity index (χ0n) is 12.0. The van der Waals surface area contributed by atoms with E-state index < -0.39 is 0 Å². The maximum atomic E-state index is 13.1.